The predicted molar refractivity (Wildman–Crippen MR) is 77.8 cm³/mol. The van der Waals surface area contributed by atoms with Crippen LogP contribution in [0.1, 0.15) is 12.0 Å². The summed E-state index contributed by atoms with van der Waals surface area (Å²) in [7, 11) is 1.69. The standard InChI is InChI=1S/C12H18ClN3OS/c1-17-7-6-16(5-3-12(14)18)9-10-2-4-15-8-11(10)13/h2,4,8H,3,5-7,9H2,1H3,(H2,14,18). The SMILES string of the molecule is COCCN(CCC(N)=S)Cc1ccncc1Cl. The van der Waals surface area contributed by atoms with E-state index in [4.69, 9.17) is 34.3 Å². The molecule has 0 fully saturated rings. The van der Waals surface area contributed by atoms with Gasteiger partial charge in [-0.05, 0) is 11.6 Å². The van der Waals surface area contributed by atoms with Gasteiger partial charge in [0.1, 0.15) is 0 Å². The van der Waals surface area contributed by atoms with E-state index in [9.17, 15) is 0 Å². The molecule has 0 saturated carbocycles. The van der Waals surface area contributed by atoms with Crippen LogP contribution in [0.2, 0.25) is 5.02 Å². The Kier molecular flexibility index (Phi) is 7.12. The van der Waals surface area contributed by atoms with Gasteiger partial charge in [-0.25, -0.2) is 0 Å². The van der Waals surface area contributed by atoms with Gasteiger partial charge in [-0.3, -0.25) is 9.88 Å². The molecule has 0 radical (unpaired) electrons. The second kappa shape index (κ2) is 8.37. The number of hydrogen-bond donors (Lipinski definition) is 1. The quantitative estimate of drug-likeness (QED) is 0.740. The summed E-state index contributed by atoms with van der Waals surface area (Å²) in [5, 5.41) is 0.676. The lowest BCUT2D eigenvalue weighted by Gasteiger charge is -2.22. The summed E-state index contributed by atoms with van der Waals surface area (Å²) in [6.45, 7) is 3.03. The van der Waals surface area contributed by atoms with Gasteiger partial charge in [0.2, 0.25) is 0 Å². The number of hydrogen-bond acceptors (Lipinski definition) is 4. The van der Waals surface area contributed by atoms with Crippen molar-refractivity contribution in [3.63, 3.8) is 0 Å². The zero-order chi connectivity index (χ0) is 13.4. The molecule has 1 heterocycles. The van der Waals surface area contributed by atoms with Crippen LogP contribution in [0.15, 0.2) is 18.5 Å². The molecule has 0 aliphatic carbocycles. The fraction of sp³-hybridized carbons (Fsp3) is 0.500. The van der Waals surface area contributed by atoms with E-state index in [0.717, 1.165) is 25.2 Å². The van der Waals surface area contributed by atoms with Gasteiger partial charge in [0.15, 0.2) is 0 Å². The maximum absolute atomic E-state index is 6.09. The molecule has 0 unspecified atom stereocenters. The Hall–Kier alpha value is -0.750. The van der Waals surface area contributed by atoms with Crippen LogP contribution in [0.3, 0.4) is 0 Å². The molecule has 0 amide bonds. The van der Waals surface area contributed by atoms with Crippen molar-refractivity contribution >= 4 is 28.8 Å². The van der Waals surface area contributed by atoms with Crippen LogP contribution in [0.4, 0.5) is 0 Å². The number of ether oxygens (including phenoxy) is 1. The molecule has 18 heavy (non-hydrogen) atoms. The molecule has 1 aromatic heterocycles. The number of methoxy groups -OCH3 is 1. The lowest BCUT2D eigenvalue weighted by molar-refractivity contribution is 0.146. The lowest BCUT2D eigenvalue weighted by Crippen LogP contribution is -2.30. The molecule has 0 aliphatic heterocycles. The topological polar surface area (TPSA) is 51.4 Å². The van der Waals surface area contributed by atoms with E-state index in [1.165, 1.54) is 0 Å². The van der Waals surface area contributed by atoms with Crippen LogP contribution < -0.4 is 5.73 Å². The third kappa shape index (κ3) is 5.73. The van der Waals surface area contributed by atoms with Crippen molar-refractivity contribution in [3.8, 4) is 0 Å². The highest BCUT2D eigenvalue weighted by atomic mass is 35.5. The van der Waals surface area contributed by atoms with E-state index in [2.05, 4.69) is 9.88 Å². The first kappa shape index (κ1) is 15.3. The minimum Gasteiger partial charge on any atom is -0.393 e. The minimum absolute atomic E-state index is 0.526. The van der Waals surface area contributed by atoms with Crippen LogP contribution in [0, 0.1) is 0 Å². The molecule has 0 aromatic carbocycles. The molecule has 4 nitrogen and oxygen atoms in total. The molecule has 1 rings (SSSR count). The Morgan fingerprint density at radius 1 is 1.56 bits per heavy atom. The van der Waals surface area contributed by atoms with Crippen molar-refractivity contribution in [1.29, 1.82) is 0 Å². The van der Waals surface area contributed by atoms with Gasteiger partial charge in [-0.1, -0.05) is 23.8 Å². The molecular formula is C12H18ClN3OS. The molecule has 6 heteroatoms. The highest BCUT2D eigenvalue weighted by Crippen LogP contribution is 2.15. The summed E-state index contributed by atoms with van der Waals surface area (Å²) in [6.07, 6.45) is 4.09. The first-order valence-electron chi connectivity index (χ1n) is 5.71. The third-order valence-corrected chi connectivity index (χ3v) is 3.08. The summed E-state index contributed by atoms with van der Waals surface area (Å²) in [4.78, 5) is 6.71. The van der Waals surface area contributed by atoms with Gasteiger partial charge in [0.05, 0.1) is 16.6 Å². The third-order valence-electron chi connectivity index (χ3n) is 2.54. The normalized spacial score (nSPS) is 10.8. The second-order valence-electron chi connectivity index (χ2n) is 3.95. The molecule has 2 N–H and O–H groups in total. The largest absolute Gasteiger partial charge is 0.393 e. The summed E-state index contributed by atoms with van der Waals surface area (Å²) in [5.41, 5.74) is 6.58. The van der Waals surface area contributed by atoms with Gasteiger partial charge >= 0.3 is 0 Å². The van der Waals surface area contributed by atoms with Crippen molar-refractivity contribution in [2.24, 2.45) is 5.73 Å². The highest BCUT2D eigenvalue weighted by molar-refractivity contribution is 7.80. The number of pyridine rings is 1. The summed E-state index contributed by atoms with van der Waals surface area (Å²) >= 11 is 11.0. The molecule has 0 spiro atoms. The van der Waals surface area contributed by atoms with Gasteiger partial charge in [0, 0.05) is 45.6 Å². The number of thiocarbonyl (C=S) groups is 1. The fourth-order valence-corrected chi connectivity index (χ4v) is 1.80. The molecular weight excluding hydrogens is 270 g/mol. The van der Waals surface area contributed by atoms with Crippen LogP contribution in [0.5, 0.6) is 0 Å². The maximum atomic E-state index is 6.09. The summed E-state index contributed by atoms with van der Waals surface area (Å²) in [5.74, 6) is 0. The number of nitrogens with zero attached hydrogens (tertiary/aromatic N) is 2. The van der Waals surface area contributed by atoms with Crippen molar-refractivity contribution < 1.29 is 4.74 Å². The molecule has 1 aromatic rings. The zero-order valence-electron chi connectivity index (χ0n) is 10.4. The average molecular weight is 288 g/mol. The second-order valence-corrected chi connectivity index (χ2v) is 4.88. The molecule has 0 bridgehead atoms. The van der Waals surface area contributed by atoms with E-state index in [1.807, 2.05) is 6.07 Å². The van der Waals surface area contributed by atoms with Crippen molar-refractivity contribution in [2.45, 2.75) is 13.0 Å². The van der Waals surface area contributed by atoms with E-state index in [1.54, 1.807) is 19.5 Å². The van der Waals surface area contributed by atoms with Crippen LogP contribution >= 0.6 is 23.8 Å². The number of halogens is 1. The summed E-state index contributed by atoms with van der Waals surface area (Å²) < 4.78 is 5.10. The smallest absolute Gasteiger partial charge is 0.0740 e. The van der Waals surface area contributed by atoms with Crippen molar-refractivity contribution in [3.05, 3.63) is 29.0 Å². The Labute approximate surface area is 118 Å². The van der Waals surface area contributed by atoms with Gasteiger partial charge < -0.3 is 10.5 Å². The van der Waals surface area contributed by atoms with E-state index < -0.39 is 0 Å². The van der Waals surface area contributed by atoms with Gasteiger partial charge in [0.25, 0.3) is 0 Å². The van der Waals surface area contributed by atoms with Gasteiger partial charge in [-0.2, -0.15) is 0 Å². The number of rotatable bonds is 8. The van der Waals surface area contributed by atoms with Gasteiger partial charge in [-0.15, -0.1) is 0 Å². The van der Waals surface area contributed by atoms with E-state index >= 15 is 0 Å². The first-order valence-corrected chi connectivity index (χ1v) is 6.50. The van der Waals surface area contributed by atoms with E-state index in [0.29, 0.717) is 23.0 Å². The molecule has 0 saturated heterocycles. The van der Waals surface area contributed by atoms with E-state index in [-0.39, 0.29) is 0 Å². The molecule has 0 atom stereocenters. The lowest BCUT2D eigenvalue weighted by atomic mass is 10.2. The molecule has 0 aliphatic rings. The number of nitrogens with two attached hydrogens (primary N) is 1. The predicted octanol–water partition coefficient (Wildman–Crippen LogP) is 1.86. The number of aromatic nitrogens is 1. The first-order chi connectivity index (χ1) is 8.63. The van der Waals surface area contributed by atoms with Crippen LogP contribution in [0.25, 0.3) is 0 Å². The van der Waals surface area contributed by atoms with Crippen molar-refractivity contribution in [2.75, 3.05) is 26.8 Å². The maximum Gasteiger partial charge on any atom is 0.0740 e. The molecule has 100 valence electrons. The Morgan fingerprint density at radius 3 is 2.94 bits per heavy atom. The Balaban J connectivity index is 2.59. The summed E-state index contributed by atoms with van der Waals surface area (Å²) in [6, 6.07) is 1.92. The van der Waals surface area contributed by atoms with Crippen LogP contribution in [-0.2, 0) is 11.3 Å². The average Bonchev–Trinajstić information content (AvgIpc) is 2.35. The fourth-order valence-electron chi connectivity index (χ4n) is 1.53. The van der Waals surface area contributed by atoms with Crippen molar-refractivity contribution in [1.82, 2.24) is 9.88 Å². The Morgan fingerprint density at radius 2 is 2.33 bits per heavy atom. The van der Waals surface area contributed by atoms with Crippen LogP contribution in [-0.4, -0.2) is 41.7 Å². The minimum atomic E-state index is 0.526. The monoisotopic (exact) mass is 287 g/mol. The zero-order valence-corrected chi connectivity index (χ0v) is 12.0. The highest BCUT2D eigenvalue weighted by Gasteiger charge is 2.08. The Bertz CT molecular complexity index is 389.